The average molecular weight is 508 g/mol. The van der Waals surface area contributed by atoms with Crippen molar-refractivity contribution >= 4 is 17.5 Å². The Balaban J connectivity index is 1.39. The zero-order valence-corrected chi connectivity index (χ0v) is 20.8. The molecule has 5 rings (SSSR count). The van der Waals surface area contributed by atoms with Crippen LogP contribution in [0.4, 0.5) is 4.39 Å². The number of benzene rings is 1. The highest BCUT2D eigenvalue weighted by Gasteiger charge is 2.35. The predicted octanol–water partition coefficient (Wildman–Crippen LogP) is 2.91. The van der Waals surface area contributed by atoms with Gasteiger partial charge in [0.25, 0.3) is 11.8 Å². The lowest BCUT2D eigenvalue weighted by Crippen LogP contribution is -2.46. The van der Waals surface area contributed by atoms with Gasteiger partial charge in [-0.3, -0.25) is 14.5 Å². The molecule has 0 bridgehead atoms. The van der Waals surface area contributed by atoms with E-state index in [1.54, 1.807) is 24.3 Å². The molecule has 0 N–H and O–H groups in total. The number of hydrogen-bond donors (Lipinski definition) is 0. The molecule has 2 aliphatic rings. The summed E-state index contributed by atoms with van der Waals surface area (Å²) in [6.45, 7) is 3.66. The highest BCUT2D eigenvalue weighted by Crippen LogP contribution is 2.33. The van der Waals surface area contributed by atoms with Gasteiger partial charge in [-0.05, 0) is 42.0 Å². The second kappa shape index (κ2) is 11.1. The molecule has 37 heavy (non-hydrogen) atoms. The number of hydrogen-bond acceptors (Lipinski definition) is 6. The van der Waals surface area contributed by atoms with Crippen LogP contribution < -0.4 is 0 Å². The zero-order valence-electron chi connectivity index (χ0n) is 20.8. The zero-order chi connectivity index (χ0) is 25.8. The van der Waals surface area contributed by atoms with Gasteiger partial charge in [-0.15, -0.1) is 0 Å². The van der Waals surface area contributed by atoms with Gasteiger partial charge in [0.2, 0.25) is 0 Å². The summed E-state index contributed by atoms with van der Waals surface area (Å²) in [4.78, 5) is 30.7. The number of hydrazone groups is 1. The van der Waals surface area contributed by atoms with E-state index in [9.17, 15) is 14.0 Å². The number of amides is 2. The Kier molecular flexibility index (Phi) is 7.47. The molecule has 0 radical (unpaired) electrons. The minimum Gasteiger partial charge on any atom is -0.459 e. The number of carbonyl (C=O) groups is 2. The minimum atomic E-state index is -0.405. The number of rotatable bonds is 8. The van der Waals surface area contributed by atoms with Crippen LogP contribution in [0, 0.1) is 5.82 Å². The Hall–Kier alpha value is -3.76. The van der Waals surface area contributed by atoms with Crippen LogP contribution in [-0.2, 0) is 16.6 Å². The van der Waals surface area contributed by atoms with Crippen molar-refractivity contribution in [1.82, 2.24) is 19.4 Å². The monoisotopic (exact) mass is 507 g/mol. The van der Waals surface area contributed by atoms with Gasteiger partial charge in [-0.1, -0.05) is 12.1 Å². The molecule has 2 aromatic heterocycles. The third-order valence-corrected chi connectivity index (χ3v) is 6.80. The van der Waals surface area contributed by atoms with Gasteiger partial charge in [0.15, 0.2) is 5.76 Å². The molecule has 0 aliphatic carbocycles. The summed E-state index contributed by atoms with van der Waals surface area (Å²) in [5.41, 5.74) is 2.44. The van der Waals surface area contributed by atoms with Crippen LogP contribution in [-0.4, -0.2) is 82.8 Å². The van der Waals surface area contributed by atoms with Crippen molar-refractivity contribution in [3.05, 3.63) is 83.8 Å². The molecule has 4 heterocycles. The first-order valence-corrected chi connectivity index (χ1v) is 12.4. The van der Waals surface area contributed by atoms with Gasteiger partial charge in [-0.2, -0.15) is 5.10 Å². The van der Waals surface area contributed by atoms with E-state index < -0.39 is 6.04 Å². The normalized spacial score (nSPS) is 18.2. The summed E-state index contributed by atoms with van der Waals surface area (Å²) in [6, 6.07) is 12.8. The Morgan fingerprint density at radius 2 is 1.89 bits per heavy atom. The van der Waals surface area contributed by atoms with Gasteiger partial charge < -0.3 is 18.6 Å². The number of halogens is 1. The molecule has 2 aliphatic heterocycles. The maximum absolute atomic E-state index is 13.7. The highest BCUT2D eigenvalue weighted by atomic mass is 19.1. The first-order valence-electron chi connectivity index (χ1n) is 12.4. The van der Waals surface area contributed by atoms with Crippen LogP contribution in [0.3, 0.4) is 0 Å². The molecule has 10 heteroatoms. The standard InChI is InChI=1S/C27H30FN5O4/c1-30-10-2-4-23(30)22-18-24(20-6-8-21(28)9-7-20)33(29-22)26(34)19-32(27(35)25-5-3-15-37-25)12-11-31-13-16-36-17-14-31/h2-10,15,24H,11-14,16-19H2,1H3/t24-/m1/s1. The number of furan rings is 1. The maximum Gasteiger partial charge on any atom is 0.290 e. The minimum absolute atomic E-state index is 0.161. The molecule has 194 valence electrons. The van der Waals surface area contributed by atoms with Crippen LogP contribution in [0.5, 0.6) is 0 Å². The maximum atomic E-state index is 13.7. The van der Waals surface area contributed by atoms with E-state index >= 15 is 0 Å². The van der Waals surface area contributed by atoms with E-state index in [1.165, 1.54) is 28.3 Å². The van der Waals surface area contributed by atoms with E-state index in [4.69, 9.17) is 14.3 Å². The molecule has 1 fully saturated rings. The van der Waals surface area contributed by atoms with Crippen molar-refractivity contribution < 1.29 is 23.1 Å². The SMILES string of the molecule is Cn1cccc1C1=NN(C(=O)CN(CCN2CCOCC2)C(=O)c2ccco2)[C@@H](c2ccc(F)cc2)C1. The molecule has 9 nitrogen and oxygen atoms in total. The fourth-order valence-electron chi connectivity index (χ4n) is 4.73. The Morgan fingerprint density at radius 3 is 2.57 bits per heavy atom. The molecule has 1 aromatic carbocycles. The molecule has 0 saturated carbocycles. The summed E-state index contributed by atoms with van der Waals surface area (Å²) in [5, 5.41) is 6.13. The smallest absolute Gasteiger partial charge is 0.290 e. The molecule has 0 spiro atoms. The van der Waals surface area contributed by atoms with Crippen molar-refractivity contribution in [2.24, 2.45) is 12.1 Å². The summed E-state index contributed by atoms with van der Waals surface area (Å²) >= 11 is 0. The lowest BCUT2D eigenvalue weighted by Gasteiger charge is -2.30. The number of aromatic nitrogens is 1. The van der Waals surface area contributed by atoms with E-state index in [0.717, 1.165) is 30.1 Å². The summed E-state index contributed by atoms with van der Waals surface area (Å²) in [6.07, 6.45) is 3.84. The van der Waals surface area contributed by atoms with Crippen molar-refractivity contribution in [3.63, 3.8) is 0 Å². The van der Waals surface area contributed by atoms with E-state index in [-0.39, 0.29) is 29.9 Å². The van der Waals surface area contributed by atoms with E-state index in [0.29, 0.717) is 32.7 Å². The van der Waals surface area contributed by atoms with Crippen molar-refractivity contribution in [3.8, 4) is 0 Å². The van der Waals surface area contributed by atoms with Crippen LogP contribution in [0.15, 0.2) is 70.5 Å². The van der Waals surface area contributed by atoms with Gasteiger partial charge in [0, 0.05) is 45.8 Å². The fraction of sp³-hybridized carbons (Fsp3) is 0.370. The molecule has 1 saturated heterocycles. The summed E-state index contributed by atoms with van der Waals surface area (Å²) in [5.74, 6) is -0.836. The largest absolute Gasteiger partial charge is 0.459 e. The lowest BCUT2D eigenvalue weighted by molar-refractivity contribution is -0.133. The Bertz CT molecular complexity index is 1250. The molecular weight excluding hydrogens is 477 g/mol. The predicted molar refractivity (Wildman–Crippen MR) is 134 cm³/mol. The van der Waals surface area contributed by atoms with Gasteiger partial charge in [0.05, 0.1) is 36.9 Å². The van der Waals surface area contributed by atoms with Crippen LogP contribution in [0.25, 0.3) is 0 Å². The summed E-state index contributed by atoms with van der Waals surface area (Å²) < 4.78 is 26.3. The topological polar surface area (TPSA) is 83.5 Å². The molecule has 2 amide bonds. The highest BCUT2D eigenvalue weighted by molar-refractivity contribution is 6.02. The third-order valence-electron chi connectivity index (χ3n) is 6.80. The third kappa shape index (κ3) is 5.65. The number of morpholine rings is 1. The number of carbonyl (C=O) groups excluding carboxylic acids is 2. The van der Waals surface area contributed by atoms with Crippen molar-refractivity contribution in [1.29, 1.82) is 0 Å². The second-order valence-corrected chi connectivity index (χ2v) is 9.22. The summed E-state index contributed by atoms with van der Waals surface area (Å²) in [7, 11) is 1.92. The van der Waals surface area contributed by atoms with Crippen LogP contribution in [0.1, 0.15) is 34.3 Å². The average Bonchev–Trinajstić information content (AvgIpc) is 3.68. The van der Waals surface area contributed by atoms with Gasteiger partial charge >= 0.3 is 0 Å². The molecule has 3 aromatic rings. The van der Waals surface area contributed by atoms with Gasteiger partial charge in [-0.25, -0.2) is 9.40 Å². The molecule has 0 unspecified atom stereocenters. The number of aryl methyl sites for hydroxylation is 1. The molecule has 1 atom stereocenters. The Morgan fingerprint density at radius 1 is 1.11 bits per heavy atom. The fourth-order valence-corrected chi connectivity index (χ4v) is 4.73. The lowest BCUT2D eigenvalue weighted by atomic mass is 10.0. The number of ether oxygens (including phenoxy) is 1. The van der Waals surface area contributed by atoms with Crippen LogP contribution in [0.2, 0.25) is 0 Å². The van der Waals surface area contributed by atoms with Crippen LogP contribution >= 0.6 is 0 Å². The van der Waals surface area contributed by atoms with Gasteiger partial charge in [0.1, 0.15) is 12.4 Å². The van der Waals surface area contributed by atoms with E-state index in [2.05, 4.69) is 4.90 Å². The quantitative estimate of drug-likeness (QED) is 0.468. The molecular formula is C27H30FN5O4. The second-order valence-electron chi connectivity index (χ2n) is 9.22. The first kappa shape index (κ1) is 24.9. The number of nitrogens with zero attached hydrogens (tertiary/aromatic N) is 5. The first-order chi connectivity index (χ1) is 18.0. The Labute approximate surface area is 214 Å². The van der Waals surface area contributed by atoms with Crippen molar-refractivity contribution in [2.75, 3.05) is 45.9 Å². The van der Waals surface area contributed by atoms with Crippen molar-refractivity contribution in [2.45, 2.75) is 12.5 Å². The van der Waals surface area contributed by atoms with E-state index in [1.807, 2.05) is 29.9 Å².